The minimum Gasteiger partial charge on any atom is -0.330 e. The Morgan fingerprint density at radius 1 is 0.667 bits per heavy atom. The van der Waals surface area contributed by atoms with E-state index < -0.39 is 0 Å². The molecule has 0 saturated carbocycles. The van der Waals surface area contributed by atoms with Crippen LogP contribution in [0.5, 0.6) is 0 Å². The summed E-state index contributed by atoms with van der Waals surface area (Å²) in [5.74, 6) is 0. The number of unbranched alkanes of at least 4 members (excludes halogenated alkanes) is 10. The van der Waals surface area contributed by atoms with E-state index in [1.165, 1.54) is 90.0 Å². The molecular weight excluding hydrogens is 256 g/mol. The summed E-state index contributed by atoms with van der Waals surface area (Å²) >= 11 is 0. The minimum atomic E-state index is 0.664. The molecule has 0 amide bonds. The van der Waals surface area contributed by atoms with Crippen LogP contribution in [0.25, 0.3) is 0 Å². The molecule has 0 aliphatic carbocycles. The second kappa shape index (κ2) is 18.0. The smallest absolute Gasteiger partial charge is 0.00790 e. The van der Waals surface area contributed by atoms with Gasteiger partial charge >= 0.3 is 0 Å². The fourth-order valence-corrected chi connectivity index (χ4v) is 2.93. The number of rotatable bonds is 17. The van der Waals surface area contributed by atoms with Gasteiger partial charge in [-0.15, -0.1) is 0 Å². The van der Waals surface area contributed by atoms with Gasteiger partial charge < -0.3 is 11.1 Å². The van der Waals surface area contributed by atoms with E-state index in [1.54, 1.807) is 0 Å². The molecule has 0 aromatic carbocycles. The third kappa shape index (κ3) is 16.1. The van der Waals surface area contributed by atoms with Gasteiger partial charge in [-0.05, 0) is 32.4 Å². The maximum absolute atomic E-state index is 5.74. The molecule has 0 aromatic rings. The molecular formula is C19H42N2. The fourth-order valence-electron chi connectivity index (χ4n) is 2.93. The van der Waals surface area contributed by atoms with Crippen LogP contribution in [0.15, 0.2) is 0 Å². The van der Waals surface area contributed by atoms with Gasteiger partial charge in [0, 0.05) is 6.04 Å². The zero-order chi connectivity index (χ0) is 15.6. The molecule has 1 unspecified atom stereocenters. The van der Waals surface area contributed by atoms with Crippen molar-refractivity contribution in [2.45, 2.75) is 110 Å². The summed E-state index contributed by atoms with van der Waals surface area (Å²) in [6.45, 7) is 6.56. The molecule has 2 nitrogen and oxygen atoms in total. The van der Waals surface area contributed by atoms with Gasteiger partial charge in [-0.2, -0.15) is 0 Å². The van der Waals surface area contributed by atoms with Crippen LogP contribution in [-0.4, -0.2) is 19.1 Å². The van der Waals surface area contributed by atoms with E-state index in [4.69, 9.17) is 5.73 Å². The lowest BCUT2D eigenvalue weighted by atomic mass is 10.0. The number of hydrogen-bond donors (Lipinski definition) is 2. The molecule has 128 valence electrons. The summed E-state index contributed by atoms with van der Waals surface area (Å²) in [6, 6.07) is 0.664. The van der Waals surface area contributed by atoms with E-state index in [-0.39, 0.29) is 0 Å². The average molecular weight is 299 g/mol. The van der Waals surface area contributed by atoms with Gasteiger partial charge in [0.05, 0.1) is 0 Å². The average Bonchev–Trinajstić information content (AvgIpc) is 2.49. The molecule has 21 heavy (non-hydrogen) atoms. The Kier molecular flexibility index (Phi) is 17.9. The van der Waals surface area contributed by atoms with Crippen LogP contribution in [0.1, 0.15) is 104 Å². The van der Waals surface area contributed by atoms with Crippen molar-refractivity contribution >= 4 is 0 Å². The summed E-state index contributed by atoms with van der Waals surface area (Å²) in [7, 11) is 0. The van der Waals surface area contributed by atoms with Crippen molar-refractivity contribution in [2.75, 3.05) is 13.1 Å². The fraction of sp³-hybridized carbons (Fsp3) is 1.00. The molecule has 0 fully saturated rings. The van der Waals surface area contributed by atoms with Gasteiger partial charge in [-0.1, -0.05) is 84.5 Å². The zero-order valence-electron chi connectivity index (χ0n) is 15.0. The Morgan fingerprint density at radius 3 is 1.76 bits per heavy atom. The number of nitrogens with one attached hydrogen (secondary N) is 1. The van der Waals surface area contributed by atoms with Gasteiger partial charge in [0.2, 0.25) is 0 Å². The second-order valence-corrected chi connectivity index (χ2v) is 6.55. The Balaban J connectivity index is 3.42. The van der Waals surface area contributed by atoms with Gasteiger partial charge in [-0.3, -0.25) is 0 Å². The van der Waals surface area contributed by atoms with Crippen LogP contribution in [0.2, 0.25) is 0 Å². The molecule has 0 radical (unpaired) electrons. The summed E-state index contributed by atoms with van der Waals surface area (Å²) in [4.78, 5) is 0. The first kappa shape index (κ1) is 20.9. The predicted octanol–water partition coefficient (Wildman–Crippen LogP) is 5.40. The molecule has 2 heteroatoms. The van der Waals surface area contributed by atoms with E-state index in [0.717, 1.165) is 13.0 Å². The maximum atomic E-state index is 5.74. The Bertz CT molecular complexity index is 182. The highest BCUT2D eigenvalue weighted by atomic mass is 14.9. The monoisotopic (exact) mass is 298 g/mol. The van der Waals surface area contributed by atoms with Crippen molar-refractivity contribution in [1.29, 1.82) is 0 Å². The highest BCUT2D eigenvalue weighted by molar-refractivity contribution is 4.67. The van der Waals surface area contributed by atoms with Crippen LogP contribution in [0.4, 0.5) is 0 Å². The second-order valence-electron chi connectivity index (χ2n) is 6.55. The summed E-state index contributed by atoms with van der Waals surface area (Å²) in [5.41, 5.74) is 5.74. The van der Waals surface area contributed by atoms with Crippen molar-refractivity contribution in [3.63, 3.8) is 0 Å². The van der Waals surface area contributed by atoms with Gasteiger partial charge in [0.1, 0.15) is 0 Å². The van der Waals surface area contributed by atoms with Crippen LogP contribution in [0.3, 0.4) is 0 Å². The van der Waals surface area contributed by atoms with Crippen LogP contribution < -0.4 is 11.1 Å². The molecule has 0 saturated heterocycles. The third-order valence-corrected chi connectivity index (χ3v) is 4.38. The lowest BCUT2D eigenvalue weighted by Crippen LogP contribution is -2.32. The first-order valence-electron chi connectivity index (χ1n) is 9.78. The molecule has 0 rings (SSSR count). The summed E-state index contributed by atoms with van der Waals surface area (Å²) in [6.07, 6.45) is 19.2. The molecule has 0 aliphatic heterocycles. The minimum absolute atomic E-state index is 0.664. The van der Waals surface area contributed by atoms with Crippen LogP contribution in [-0.2, 0) is 0 Å². The first-order valence-corrected chi connectivity index (χ1v) is 9.78. The third-order valence-electron chi connectivity index (χ3n) is 4.38. The number of hydrogen-bond acceptors (Lipinski definition) is 2. The van der Waals surface area contributed by atoms with E-state index in [1.807, 2.05) is 0 Å². The maximum Gasteiger partial charge on any atom is 0.00790 e. The lowest BCUT2D eigenvalue weighted by Gasteiger charge is -2.18. The van der Waals surface area contributed by atoms with Crippen molar-refractivity contribution in [3.8, 4) is 0 Å². The van der Waals surface area contributed by atoms with Crippen molar-refractivity contribution in [2.24, 2.45) is 5.73 Å². The highest BCUT2D eigenvalue weighted by Crippen LogP contribution is 2.11. The van der Waals surface area contributed by atoms with E-state index in [0.29, 0.717) is 6.04 Å². The first-order chi connectivity index (χ1) is 10.3. The molecule has 0 aromatic heterocycles. The lowest BCUT2D eigenvalue weighted by molar-refractivity contribution is 0.426. The molecule has 0 aliphatic rings. The van der Waals surface area contributed by atoms with Crippen LogP contribution >= 0.6 is 0 Å². The SMILES string of the molecule is CCCCCCCCCCC(CCN)NCCCCCC. The standard InChI is InChI=1S/C19H42N2/c1-3-5-7-9-10-11-12-13-15-19(16-17-20)21-18-14-8-6-4-2/h19,21H,3-18,20H2,1-2H3. The van der Waals surface area contributed by atoms with Gasteiger partial charge in [-0.25, -0.2) is 0 Å². The van der Waals surface area contributed by atoms with Crippen molar-refractivity contribution < 1.29 is 0 Å². The molecule has 0 bridgehead atoms. The Labute approximate surface area is 134 Å². The summed E-state index contributed by atoms with van der Waals surface area (Å²) in [5, 5.41) is 3.72. The summed E-state index contributed by atoms with van der Waals surface area (Å²) < 4.78 is 0. The van der Waals surface area contributed by atoms with Gasteiger partial charge in [0.15, 0.2) is 0 Å². The predicted molar refractivity (Wildman–Crippen MR) is 96.8 cm³/mol. The van der Waals surface area contributed by atoms with E-state index in [2.05, 4.69) is 19.2 Å². The molecule has 3 N–H and O–H groups in total. The highest BCUT2D eigenvalue weighted by Gasteiger charge is 2.06. The van der Waals surface area contributed by atoms with E-state index in [9.17, 15) is 0 Å². The van der Waals surface area contributed by atoms with E-state index >= 15 is 0 Å². The molecule has 0 heterocycles. The van der Waals surface area contributed by atoms with Gasteiger partial charge in [0.25, 0.3) is 0 Å². The normalized spacial score (nSPS) is 12.7. The van der Waals surface area contributed by atoms with Crippen LogP contribution in [0, 0.1) is 0 Å². The molecule has 0 spiro atoms. The van der Waals surface area contributed by atoms with Crippen molar-refractivity contribution in [1.82, 2.24) is 5.32 Å². The largest absolute Gasteiger partial charge is 0.330 e. The Hall–Kier alpha value is -0.0800. The zero-order valence-corrected chi connectivity index (χ0v) is 15.0. The quantitative estimate of drug-likeness (QED) is 0.353. The van der Waals surface area contributed by atoms with Crippen molar-refractivity contribution in [3.05, 3.63) is 0 Å². The molecule has 1 atom stereocenters. The topological polar surface area (TPSA) is 38.0 Å². The Morgan fingerprint density at radius 2 is 1.19 bits per heavy atom. The number of nitrogens with two attached hydrogens (primary N) is 1.